The van der Waals surface area contributed by atoms with Crippen molar-refractivity contribution in [3.05, 3.63) is 218 Å². The number of nitrogens with zero attached hydrogens (tertiary/aromatic N) is 5. The van der Waals surface area contributed by atoms with Gasteiger partial charge in [0.05, 0.1) is 22.1 Å². The zero-order valence-electron chi connectivity index (χ0n) is 38.3. The van der Waals surface area contributed by atoms with Crippen LogP contribution in [0.3, 0.4) is 0 Å². The van der Waals surface area contributed by atoms with Crippen molar-refractivity contribution in [1.29, 1.82) is 0 Å². The van der Waals surface area contributed by atoms with E-state index in [0.717, 1.165) is 111 Å². The first kappa shape index (κ1) is 39.5. The van der Waals surface area contributed by atoms with E-state index in [9.17, 15) is 0 Å². The third-order valence-corrected chi connectivity index (χ3v) is 16.0. The summed E-state index contributed by atoms with van der Waals surface area (Å²) in [5.41, 5.74) is 12.8. The highest BCUT2D eigenvalue weighted by atomic mass is 32.1. The maximum absolute atomic E-state index is 6.74. The predicted molar refractivity (Wildman–Crippen MR) is 295 cm³/mol. The molecule has 0 fully saturated rings. The highest BCUT2D eigenvalue weighted by Crippen LogP contribution is 2.46. The van der Waals surface area contributed by atoms with Crippen molar-refractivity contribution in [2.24, 2.45) is 0 Å². The van der Waals surface area contributed by atoms with Crippen LogP contribution in [0.1, 0.15) is 0 Å². The SMILES string of the molecule is c1cc(-c2nc(-n3c4ccccc4c4ccccc43)nc(-n3c4ccccc4c4ccccc43)n2)cc(-c2cccc3c2sc2c(-c4cc5c6c(c4)Oc4ccccc4B6c4ccccc4O5)cccc23)c1. The second-order valence-electron chi connectivity index (χ2n) is 18.6. The summed E-state index contributed by atoms with van der Waals surface area (Å²) in [7, 11) is 0. The average Bonchev–Trinajstić information content (AvgIpc) is 4.11. The molecule has 7 nitrogen and oxygen atoms in total. The number of ether oxygens (including phenoxy) is 2. The van der Waals surface area contributed by atoms with Crippen LogP contribution >= 0.6 is 11.3 Å². The molecule has 0 aliphatic carbocycles. The molecule has 72 heavy (non-hydrogen) atoms. The van der Waals surface area contributed by atoms with Crippen molar-refractivity contribution in [3.63, 3.8) is 0 Å². The molecule has 0 bridgehead atoms. The predicted octanol–water partition coefficient (Wildman–Crippen LogP) is 14.2. The first-order chi connectivity index (χ1) is 35.7. The smallest absolute Gasteiger partial charge is 0.260 e. The van der Waals surface area contributed by atoms with Crippen LogP contribution in [0.5, 0.6) is 23.0 Å². The van der Waals surface area contributed by atoms with Crippen LogP contribution in [0.4, 0.5) is 0 Å². The lowest BCUT2D eigenvalue weighted by molar-refractivity contribution is 0.465. The summed E-state index contributed by atoms with van der Waals surface area (Å²) in [6, 6.07) is 77.1. The van der Waals surface area contributed by atoms with Gasteiger partial charge in [-0.15, -0.1) is 11.3 Å². The Hall–Kier alpha value is -9.31. The van der Waals surface area contributed by atoms with E-state index in [1.807, 2.05) is 23.5 Å². The Morgan fingerprint density at radius 1 is 0.347 bits per heavy atom. The Bertz CT molecular complexity index is 4320. The molecule has 16 rings (SSSR count). The molecule has 10 aromatic carbocycles. The Morgan fingerprint density at radius 2 is 0.764 bits per heavy atom. The third kappa shape index (κ3) is 5.71. The number of para-hydroxylation sites is 6. The lowest BCUT2D eigenvalue weighted by atomic mass is 9.35. The molecule has 4 aromatic heterocycles. The van der Waals surface area contributed by atoms with Crippen LogP contribution in [-0.4, -0.2) is 30.8 Å². The molecule has 9 heteroatoms. The van der Waals surface area contributed by atoms with Gasteiger partial charge in [-0.2, -0.15) is 15.0 Å². The van der Waals surface area contributed by atoms with E-state index in [1.54, 1.807) is 0 Å². The van der Waals surface area contributed by atoms with Crippen molar-refractivity contribution in [2.45, 2.75) is 0 Å². The quantitative estimate of drug-likeness (QED) is 0.161. The largest absolute Gasteiger partial charge is 0.458 e. The fourth-order valence-corrected chi connectivity index (χ4v) is 13.0. The molecule has 2 aliphatic rings. The van der Waals surface area contributed by atoms with Crippen molar-refractivity contribution in [1.82, 2.24) is 24.1 Å². The zero-order valence-corrected chi connectivity index (χ0v) is 39.1. The van der Waals surface area contributed by atoms with Gasteiger partial charge in [-0.1, -0.05) is 164 Å². The fourth-order valence-electron chi connectivity index (χ4n) is 11.6. The van der Waals surface area contributed by atoms with E-state index in [2.05, 4.69) is 215 Å². The molecule has 0 atom stereocenters. The molecule has 14 aromatic rings. The van der Waals surface area contributed by atoms with E-state index < -0.39 is 0 Å². The second-order valence-corrected chi connectivity index (χ2v) is 19.7. The van der Waals surface area contributed by atoms with Gasteiger partial charge in [-0.05, 0) is 87.8 Å². The Kier molecular flexibility index (Phi) is 8.29. The number of hydrogen-bond donors (Lipinski definition) is 0. The Balaban J connectivity index is 0.866. The molecule has 2 aliphatic heterocycles. The molecule has 6 heterocycles. The van der Waals surface area contributed by atoms with E-state index >= 15 is 0 Å². The number of benzene rings is 10. The number of thiophene rings is 1. The molecule has 0 radical (unpaired) electrons. The molecule has 334 valence electrons. The minimum atomic E-state index is 0.0235. The molecule has 0 saturated carbocycles. The molecular formula is C63H36BN5O2S. The monoisotopic (exact) mass is 937 g/mol. The van der Waals surface area contributed by atoms with Crippen LogP contribution in [0.15, 0.2) is 218 Å². The number of rotatable bonds is 5. The lowest BCUT2D eigenvalue weighted by Crippen LogP contribution is -2.57. The topological polar surface area (TPSA) is 67.0 Å². The van der Waals surface area contributed by atoms with Gasteiger partial charge in [0, 0.05) is 52.7 Å². The van der Waals surface area contributed by atoms with E-state index in [0.29, 0.717) is 17.7 Å². The van der Waals surface area contributed by atoms with Gasteiger partial charge in [0.15, 0.2) is 5.82 Å². The summed E-state index contributed by atoms with van der Waals surface area (Å²) < 4.78 is 20.2. The summed E-state index contributed by atoms with van der Waals surface area (Å²) in [5, 5.41) is 6.98. The Morgan fingerprint density at radius 3 is 1.28 bits per heavy atom. The van der Waals surface area contributed by atoms with Crippen LogP contribution in [0.25, 0.3) is 109 Å². The minimum absolute atomic E-state index is 0.0235. The van der Waals surface area contributed by atoms with Crippen molar-refractivity contribution in [3.8, 4) is 68.5 Å². The summed E-state index contributed by atoms with van der Waals surface area (Å²) in [5.74, 6) is 5.11. The summed E-state index contributed by atoms with van der Waals surface area (Å²) in [6.07, 6.45) is 0. The van der Waals surface area contributed by atoms with E-state index in [-0.39, 0.29) is 6.71 Å². The number of fused-ring (bicyclic) bond motifs is 13. The van der Waals surface area contributed by atoms with Crippen LogP contribution < -0.4 is 25.9 Å². The van der Waals surface area contributed by atoms with Gasteiger partial charge in [0.25, 0.3) is 6.71 Å². The molecule has 0 amide bonds. The van der Waals surface area contributed by atoms with E-state index in [4.69, 9.17) is 24.4 Å². The molecule has 0 saturated heterocycles. The van der Waals surface area contributed by atoms with Crippen molar-refractivity contribution >= 4 is 98.2 Å². The average molecular weight is 938 g/mol. The highest BCUT2D eigenvalue weighted by Gasteiger charge is 2.40. The molecule has 0 N–H and O–H groups in total. The van der Waals surface area contributed by atoms with Gasteiger partial charge >= 0.3 is 0 Å². The minimum Gasteiger partial charge on any atom is -0.458 e. The zero-order chi connectivity index (χ0) is 47.0. The first-order valence-electron chi connectivity index (χ1n) is 24.2. The van der Waals surface area contributed by atoms with Gasteiger partial charge in [0.2, 0.25) is 11.9 Å². The summed E-state index contributed by atoms with van der Waals surface area (Å²) >= 11 is 1.83. The first-order valence-corrected chi connectivity index (χ1v) is 25.0. The van der Waals surface area contributed by atoms with Crippen LogP contribution in [0.2, 0.25) is 0 Å². The number of hydrogen-bond acceptors (Lipinski definition) is 6. The second kappa shape index (κ2) is 15.1. The number of aromatic nitrogens is 5. The molecular weight excluding hydrogens is 902 g/mol. The van der Waals surface area contributed by atoms with E-state index in [1.165, 1.54) is 20.2 Å². The van der Waals surface area contributed by atoms with Crippen LogP contribution in [0, 0.1) is 0 Å². The van der Waals surface area contributed by atoms with Gasteiger partial charge < -0.3 is 9.47 Å². The maximum atomic E-state index is 6.74. The van der Waals surface area contributed by atoms with Crippen molar-refractivity contribution in [2.75, 3.05) is 0 Å². The van der Waals surface area contributed by atoms with Crippen molar-refractivity contribution < 1.29 is 9.47 Å². The molecule has 0 unspecified atom stereocenters. The van der Waals surface area contributed by atoms with Gasteiger partial charge in [-0.3, -0.25) is 9.13 Å². The lowest BCUT2D eigenvalue weighted by Gasteiger charge is -2.33. The fraction of sp³-hybridized carbons (Fsp3) is 0. The maximum Gasteiger partial charge on any atom is 0.260 e. The molecule has 0 spiro atoms. The summed E-state index contributed by atoms with van der Waals surface area (Å²) in [4.78, 5) is 16.1. The Labute approximate surface area is 416 Å². The van der Waals surface area contributed by atoms with Crippen LogP contribution in [-0.2, 0) is 0 Å². The van der Waals surface area contributed by atoms with Gasteiger partial charge in [0.1, 0.15) is 23.0 Å². The third-order valence-electron chi connectivity index (χ3n) is 14.7. The summed E-state index contributed by atoms with van der Waals surface area (Å²) in [6.45, 7) is 0.0235. The van der Waals surface area contributed by atoms with Gasteiger partial charge in [-0.25, -0.2) is 0 Å². The standard InChI is InChI=1S/C63H36BN5O2S/c1-7-28-50-42(18-1)43-19-2-8-29-51(43)68(50)62-65-61(66-63(67-62)69-52-30-9-3-20-44(52)45-21-4-10-31-53(45)69)38-17-13-16-37(34-38)40-22-14-24-46-47-25-15-23-41(60(47)72-59(40)46)39-35-56-58-57(36-39)71-55-33-12-6-27-49(55)64(58)48-26-5-11-32-54(48)70-56/h1-36H. The normalized spacial score (nSPS) is 12.6. The highest BCUT2D eigenvalue weighted by molar-refractivity contribution is 7.26.